The molecule has 18 heavy (non-hydrogen) atoms. The second-order valence-electron chi connectivity index (χ2n) is 5.18. The highest BCUT2D eigenvalue weighted by atomic mass is 16.5. The van der Waals surface area contributed by atoms with Gasteiger partial charge in [0.15, 0.2) is 0 Å². The van der Waals surface area contributed by atoms with Crippen molar-refractivity contribution in [1.82, 2.24) is 15.1 Å². The largest absolute Gasteiger partial charge is 0.338 e. The SMILES string of the molecule is Cc1cc(C)nc(-c2noc(C(C)(C)CN)n2)c1. The van der Waals surface area contributed by atoms with E-state index >= 15 is 0 Å². The zero-order valence-corrected chi connectivity index (χ0v) is 11.2. The predicted molar refractivity (Wildman–Crippen MR) is 69.1 cm³/mol. The number of hydrogen-bond acceptors (Lipinski definition) is 5. The number of hydrogen-bond donors (Lipinski definition) is 1. The molecular formula is C13H18N4O. The minimum absolute atomic E-state index is 0.315. The van der Waals surface area contributed by atoms with Crippen LogP contribution in [0.25, 0.3) is 11.5 Å². The maximum Gasteiger partial charge on any atom is 0.233 e. The second kappa shape index (κ2) is 4.49. The molecule has 5 heteroatoms. The molecule has 2 N–H and O–H groups in total. The lowest BCUT2D eigenvalue weighted by Gasteiger charge is -2.15. The fourth-order valence-corrected chi connectivity index (χ4v) is 1.65. The van der Waals surface area contributed by atoms with Crippen molar-refractivity contribution in [2.24, 2.45) is 5.73 Å². The summed E-state index contributed by atoms with van der Waals surface area (Å²) in [6.07, 6.45) is 0. The van der Waals surface area contributed by atoms with Gasteiger partial charge in [0, 0.05) is 12.2 Å². The van der Waals surface area contributed by atoms with Crippen molar-refractivity contribution in [3.8, 4) is 11.5 Å². The number of aryl methyl sites for hydroxylation is 2. The molecule has 0 fully saturated rings. The summed E-state index contributed by atoms with van der Waals surface area (Å²) < 4.78 is 5.27. The maximum atomic E-state index is 5.69. The highest BCUT2D eigenvalue weighted by Gasteiger charge is 2.26. The number of nitrogens with zero attached hydrogens (tertiary/aromatic N) is 3. The van der Waals surface area contributed by atoms with Crippen LogP contribution in [0, 0.1) is 13.8 Å². The lowest BCUT2D eigenvalue weighted by Crippen LogP contribution is -2.28. The summed E-state index contributed by atoms with van der Waals surface area (Å²) in [5.74, 6) is 1.05. The van der Waals surface area contributed by atoms with E-state index < -0.39 is 0 Å². The van der Waals surface area contributed by atoms with Crippen molar-refractivity contribution >= 4 is 0 Å². The quantitative estimate of drug-likeness (QED) is 0.896. The molecule has 2 aromatic heterocycles. The van der Waals surface area contributed by atoms with Crippen LogP contribution in [-0.2, 0) is 5.41 Å². The molecule has 0 atom stereocenters. The third-order valence-electron chi connectivity index (χ3n) is 2.84. The van der Waals surface area contributed by atoms with Crippen molar-refractivity contribution < 1.29 is 4.52 Å². The molecule has 0 saturated carbocycles. The smallest absolute Gasteiger partial charge is 0.233 e. The number of nitrogens with two attached hydrogens (primary N) is 1. The van der Waals surface area contributed by atoms with Crippen LogP contribution in [0.1, 0.15) is 31.0 Å². The molecule has 0 aliphatic carbocycles. The van der Waals surface area contributed by atoms with E-state index in [-0.39, 0.29) is 5.41 Å². The molecule has 0 bridgehead atoms. The monoisotopic (exact) mass is 246 g/mol. The molecule has 5 nitrogen and oxygen atoms in total. The summed E-state index contributed by atoms with van der Waals surface area (Å²) in [7, 11) is 0. The van der Waals surface area contributed by atoms with E-state index in [0.29, 0.717) is 18.3 Å². The van der Waals surface area contributed by atoms with Gasteiger partial charge in [-0.2, -0.15) is 4.98 Å². The zero-order valence-electron chi connectivity index (χ0n) is 11.2. The van der Waals surface area contributed by atoms with Crippen LogP contribution in [0.2, 0.25) is 0 Å². The Balaban J connectivity index is 2.41. The maximum absolute atomic E-state index is 5.69. The van der Waals surface area contributed by atoms with Crippen LogP contribution in [0.15, 0.2) is 16.7 Å². The highest BCUT2D eigenvalue weighted by molar-refractivity contribution is 5.50. The normalized spacial score (nSPS) is 11.8. The summed E-state index contributed by atoms with van der Waals surface area (Å²) in [5, 5.41) is 3.98. The molecular weight excluding hydrogens is 228 g/mol. The minimum atomic E-state index is -0.315. The van der Waals surface area contributed by atoms with Crippen molar-refractivity contribution in [2.45, 2.75) is 33.1 Å². The topological polar surface area (TPSA) is 77.8 Å². The Bertz CT molecular complexity index is 540. The van der Waals surface area contributed by atoms with Crippen LogP contribution >= 0.6 is 0 Å². The van der Waals surface area contributed by atoms with Gasteiger partial charge in [-0.25, -0.2) is 4.98 Å². The molecule has 2 heterocycles. The molecule has 96 valence electrons. The summed E-state index contributed by atoms with van der Waals surface area (Å²) in [4.78, 5) is 8.79. The minimum Gasteiger partial charge on any atom is -0.338 e. The Morgan fingerprint density at radius 3 is 2.56 bits per heavy atom. The highest BCUT2D eigenvalue weighted by Crippen LogP contribution is 2.23. The molecule has 0 aromatic carbocycles. The fraction of sp³-hybridized carbons (Fsp3) is 0.462. The summed E-state index contributed by atoms with van der Waals surface area (Å²) in [5.41, 5.74) is 8.17. The van der Waals surface area contributed by atoms with E-state index in [1.807, 2.05) is 39.8 Å². The van der Waals surface area contributed by atoms with Crippen LogP contribution in [-0.4, -0.2) is 21.7 Å². The molecule has 0 aliphatic heterocycles. The van der Waals surface area contributed by atoms with Crippen LogP contribution in [0.3, 0.4) is 0 Å². The van der Waals surface area contributed by atoms with Crippen molar-refractivity contribution in [3.63, 3.8) is 0 Å². The molecule has 2 aromatic rings. The average Bonchev–Trinajstić information content (AvgIpc) is 2.77. The van der Waals surface area contributed by atoms with Gasteiger partial charge < -0.3 is 10.3 Å². The van der Waals surface area contributed by atoms with Crippen LogP contribution in [0.5, 0.6) is 0 Å². The van der Waals surface area contributed by atoms with Gasteiger partial charge in [0.25, 0.3) is 0 Å². The number of pyridine rings is 1. The van der Waals surface area contributed by atoms with E-state index in [2.05, 4.69) is 15.1 Å². The predicted octanol–water partition coefficient (Wildman–Crippen LogP) is 1.98. The van der Waals surface area contributed by atoms with E-state index in [1.165, 1.54) is 0 Å². The molecule has 2 rings (SSSR count). The zero-order chi connectivity index (χ0) is 13.3. The average molecular weight is 246 g/mol. The van der Waals surface area contributed by atoms with Gasteiger partial charge in [-0.15, -0.1) is 0 Å². The lowest BCUT2D eigenvalue weighted by atomic mass is 9.94. The van der Waals surface area contributed by atoms with Gasteiger partial charge in [-0.05, 0) is 45.4 Å². The van der Waals surface area contributed by atoms with E-state index in [4.69, 9.17) is 10.3 Å². The van der Waals surface area contributed by atoms with Crippen LogP contribution in [0.4, 0.5) is 0 Å². The fourth-order valence-electron chi connectivity index (χ4n) is 1.65. The van der Waals surface area contributed by atoms with Crippen molar-refractivity contribution in [2.75, 3.05) is 6.54 Å². The van der Waals surface area contributed by atoms with Gasteiger partial charge >= 0.3 is 0 Å². The summed E-state index contributed by atoms with van der Waals surface area (Å²) in [6, 6.07) is 3.95. The summed E-state index contributed by atoms with van der Waals surface area (Å²) >= 11 is 0. The van der Waals surface area contributed by atoms with E-state index in [0.717, 1.165) is 17.0 Å². The molecule has 0 unspecified atom stereocenters. The van der Waals surface area contributed by atoms with E-state index in [9.17, 15) is 0 Å². The third-order valence-corrected chi connectivity index (χ3v) is 2.84. The number of rotatable bonds is 3. The third kappa shape index (κ3) is 2.41. The first kappa shape index (κ1) is 12.7. The Hall–Kier alpha value is -1.75. The Morgan fingerprint density at radius 1 is 1.22 bits per heavy atom. The molecule has 0 radical (unpaired) electrons. The first-order valence-corrected chi connectivity index (χ1v) is 5.92. The van der Waals surface area contributed by atoms with Crippen molar-refractivity contribution in [3.05, 3.63) is 29.3 Å². The molecule has 0 saturated heterocycles. The van der Waals surface area contributed by atoms with Crippen molar-refractivity contribution in [1.29, 1.82) is 0 Å². The second-order valence-corrected chi connectivity index (χ2v) is 5.18. The molecule has 0 amide bonds. The Kier molecular flexibility index (Phi) is 3.17. The summed E-state index contributed by atoms with van der Waals surface area (Å²) in [6.45, 7) is 8.36. The van der Waals surface area contributed by atoms with Gasteiger partial charge in [0.2, 0.25) is 11.7 Å². The number of aromatic nitrogens is 3. The lowest BCUT2D eigenvalue weighted by molar-refractivity contribution is 0.311. The molecule has 0 aliphatic rings. The van der Waals surface area contributed by atoms with Gasteiger partial charge in [0.1, 0.15) is 5.69 Å². The Morgan fingerprint density at radius 2 is 1.94 bits per heavy atom. The van der Waals surface area contributed by atoms with Crippen LogP contribution < -0.4 is 5.73 Å². The standard InChI is InChI=1S/C13H18N4O/c1-8-5-9(2)15-10(6-8)11-16-12(18-17-11)13(3,4)7-14/h5-6H,7,14H2,1-4H3. The van der Waals surface area contributed by atoms with E-state index in [1.54, 1.807) is 0 Å². The first-order valence-electron chi connectivity index (χ1n) is 5.92. The van der Waals surface area contributed by atoms with Gasteiger partial charge in [-0.1, -0.05) is 5.16 Å². The Labute approximate surface area is 106 Å². The van der Waals surface area contributed by atoms with Gasteiger partial charge in [-0.3, -0.25) is 0 Å². The first-order chi connectivity index (χ1) is 8.42. The van der Waals surface area contributed by atoms with Gasteiger partial charge in [0.05, 0.1) is 5.41 Å². The molecule has 0 spiro atoms.